The van der Waals surface area contributed by atoms with Gasteiger partial charge in [-0.2, -0.15) is 0 Å². The predicted molar refractivity (Wildman–Crippen MR) is 101 cm³/mol. The average molecular weight is 385 g/mol. The fraction of sp³-hybridized carbons (Fsp3) is 0.632. The molecule has 4 nitrogen and oxygen atoms in total. The summed E-state index contributed by atoms with van der Waals surface area (Å²) in [5.74, 6) is 0.612. The molecule has 2 heterocycles. The highest BCUT2D eigenvalue weighted by Gasteiger charge is 2.30. The van der Waals surface area contributed by atoms with Gasteiger partial charge in [-0.1, -0.05) is 29.3 Å². The molecule has 3 rings (SSSR count). The van der Waals surface area contributed by atoms with Crippen molar-refractivity contribution >= 4 is 29.1 Å². The zero-order valence-electron chi connectivity index (χ0n) is 14.5. The van der Waals surface area contributed by atoms with E-state index < -0.39 is 0 Å². The number of hydrogen-bond donors (Lipinski definition) is 1. The first-order chi connectivity index (χ1) is 12.1. The van der Waals surface area contributed by atoms with Gasteiger partial charge < -0.3 is 10.0 Å². The van der Waals surface area contributed by atoms with Crippen LogP contribution in [0.1, 0.15) is 31.2 Å². The van der Waals surface area contributed by atoms with Crippen molar-refractivity contribution in [2.24, 2.45) is 5.92 Å². The van der Waals surface area contributed by atoms with Crippen molar-refractivity contribution in [3.05, 3.63) is 33.8 Å². The van der Waals surface area contributed by atoms with Gasteiger partial charge in [0, 0.05) is 25.7 Å². The molecule has 1 amide bonds. The second kappa shape index (κ2) is 8.72. The summed E-state index contributed by atoms with van der Waals surface area (Å²) < 4.78 is 0. The molecule has 1 aromatic rings. The van der Waals surface area contributed by atoms with Crippen molar-refractivity contribution in [2.45, 2.75) is 38.1 Å². The summed E-state index contributed by atoms with van der Waals surface area (Å²) in [6.45, 7) is 4.01. The molecular weight excluding hydrogens is 359 g/mol. The van der Waals surface area contributed by atoms with E-state index >= 15 is 0 Å². The fourth-order valence-corrected chi connectivity index (χ4v) is 4.24. The second-order valence-electron chi connectivity index (χ2n) is 7.22. The first kappa shape index (κ1) is 19.0. The van der Waals surface area contributed by atoms with E-state index in [1.807, 2.05) is 11.0 Å². The molecule has 1 atom stereocenters. The summed E-state index contributed by atoms with van der Waals surface area (Å²) in [5.41, 5.74) is 0.908. The molecule has 0 unspecified atom stereocenters. The van der Waals surface area contributed by atoms with Crippen LogP contribution in [-0.4, -0.2) is 59.6 Å². The molecule has 0 aromatic heterocycles. The molecular formula is C19H26Cl2N2O2. The Hall–Kier alpha value is -0.810. The molecule has 2 aliphatic rings. The maximum Gasteiger partial charge on any atom is 0.227 e. The Balaban J connectivity index is 1.55. The Kier molecular flexibility index (Phi) is 6.61. The quantitative estimate of drug-likeness (QED) is 0.866. The van der Waals surface area contributed by atoms with Crippen LogP contribution >= 0.6 is 23.2 Å². The van der Waals surface area contributed by atoms with Gasteiger partial charge in [0.25, 0.3) is 0 Å². The number of rotatable bonds is 4. The van der Waals surface area contributed by atoms with Crippen molar-refractivity contribution < 1.29 is 9.90 Å². The number of benzene rings is 1. The summed E-state index contributed by atoms with van der Waals surface area (Å²) in [5, 5.41) is 10.3. The van der Waals surface area contributed by atoms with E-state index in [0.29, 0.717) is 35.0 Å². The molecule has 0 aliphatic carbocycles. The van der Waals surface area contributed by atoms with E-state index in [2.05, 4.69) is 4.90 Å². The first-order valence-corrected chi connectivity index (χ1v) is 9.89. The number of carbonyl (C=O) groups excluding carboxylic acids is 1. The average Bonchev–Trinajstić information content (AvgIpc) is 2.65. The zero-order chi connectivity index (χ0) is 17.8. The predicted octanol–water partition coefficient (Wildman–Crippen LogP) is 3.23. The Morgan fingerprint density at radius 1 is 1.12 bits per heavy atom. The Morgan fingerprint density at radius 2 is 1.88 bits per heavy atom. The third-order valence-electron chi connectivity index (χ3n) is 5.51. The van der Waals surface area contributed by atoms with Crippen molar-refractivity contribution in [2.75, 3.05) is 32.8 Å². The van der Waals surface area contributed by atoms with Crippen molar-refractivity contribution in [1.82, 2.24) is 9.80 Å². The van der Waals surface area contributed by atoms with Crippen LogP contribution in [0.25, 0.3) is 0 Å². The Bertz CT molecular complexity index is 603. The van der Waals surface area contributed by atoms with E-state index in [9.17, 15) is 9.90 Å². The summed E-state index contributed by atoms with van der Waals surface area (Å²) in [6, 6.07) is 5.85. The third kappa shape index (κ3) is 4.88. The van der Waals surface area contributed by atoms with Crippen molar-refractivity contribution in [3.63, 3.8) is 0 Å². The Morgan fingerprint density at radius 3 is 2.56 bits per heavy atom. The minimum absolute atomic E-state index is 0.160. The van der Waals surface area contributed by atoms with Gasteiger partial charge in [0.1, 0.15) is 0 Å². The van der Waals surface area contributed by atoms with Gasteiger partial charge in [-0.25, -0.2) is 0 Å². The zero-order valence-corrected chi connectivity index (χ0v) is 16.0. The lowest BCUT2D eigenvalue weighted by Crippen LogP contribution is -2.52. The van der Waals surface area contributed by atoms with Crippen LogP contribution in [0.3, 0.4) is 0 Å². The number of aliphatic hydroxyl groups is 1. The smallest absolute Gasteiger partial charge is 0.227 e. The van der Waals surface area contributed by atoms with Gasteiger partial charge in [-0.15, -0.1) is 0 Å². The molecule has 2 fully saturated rings. The van der Waals surface area contributed by atoms with E-state index in [4.69, 9.17) is 23.2 Å². The van der Waals surface area contributed by atoms with Crippen LogP contribution in [0.5, 0.6) is 0 Å². The third-order valence-corrected chi connectivity index (χ3v) is 6.25. The molecule has 6 heteroatoms. The van der Waals surface area contributed by atoms with Crippen LogP contribution in [0.4, 0.5) is 0 Å². The number of nitrogens with zero attached hydrogens (tertiary/aromatic N) is 2. The van der Waals surface area contributed by atoms with Crippen molar-refractivity contribution in [3.8, 4) is 0 Å². The summed E-state index contributed by atoms with van der Waals surface area (Å²) in [7, 11) is 0. The van der Waals surface area contributed by atoms with E-state index in [0.717, 1.165) is 57.4 Å². The highest BCUT2D eigenvalue weighted by atomic mass is 35.5. The summed E-state index contributed by atoms with van der Waals surface area (Å²) in [6.07, 6.45) is 4.70. The van der Waals surface area contributed by atoms with Crippen molar-refractivity contribution in [1.29, 1.82) is 0 Å². The van der Waals surface area contributed by atoms with Gasteiger partial charge in [0.15, 0.2) is 0 Å². The number of aliphatic hydroxyl groups excluding tert-OH is 1. The lowest BCUT2D eigenvalue weighted by molar-refractivity contribution is -0.132. The fourth-order valence-electron chi connectivity index (χ4n) is 3.92. The van der Waals surface area contributed by atoms with E-state index in [1.165, 1.54) is 0 Å². The van der Waals surface area contributed by atoms with Crippen LogP contribution in [0, 0.1) is 5.92 Å². The molecule has 0 radical (unpaired) electrons. The highest BCUT2D eigenvalue weighted by molar-refractivity contribution is 6.42. The number of amides is 1. The molecule has 0 bridgehead atoms. The lowest BCUT2D eigenvalue weighted by Gasteiger charge is -2.42. The van der Waals surface area contributed by atoms with E-state index in [1.54, 1.807) is 12.1 Å². The normalized spacial score (nSPS) is 23.0. The standard InChI is InChI=1S/C19H26Cl2N2O2/c20-17-4-3-15(10-18(17)21)11-19(25)23-7-1-2-16(12-23)22-8-5-14(13-24)6-9-22/h3-4,10,14,16,24H,1-2,5-9,11-13H2/t16-/m0/s1. The van der Waals surface area contributed by atoms with Crippen LogP contribution in [0.2, 0.25) is 10.0 Å². The largest absolute Gasteiger partial charge is 0.396 e. The Labute approximate surface area is 159 Å². The molecule has 0 spiro atoms. The number of likely N-dealkylation sites (tertiary alicyclic amines) is 2. The van der Waals surface area contributed by atoms with Crippen LogP contribution in [-0.2, 0) is 11.2 Å². The molecule has 138 valence electrons. The number of piperidine rings is 2. The van der Waals surface area contributed by atoms with Crippen LogP contribution < -0.4 is 0 Å². The molecule has 2 saturated heterocycles. The summed E-state index contributed by atoms with van der Waals surface area (Å²) in [4.78, 5) is 17.2. The van der Waals surface area contributed by atoms with Gasteiger partial charge in [-0.3, -0.25) is 9.69 Å². The second-order valence-corrected chi connectivity index (χ2v) is 8.04. The van der Waals surface area contributed by atoms with Gasteiger partial charge in [-0.05, 0) is 62.4 Å². The maximum absolute atomic E-state index is 12.7. The molecule has 1 N–H and O–H groups in total. The lowest BCUT2D eigenvalue weighted by atomic mass is 9.94. The number of halogens is 2. The molecule has 1 aromatic carbocycles. The number of hydrogen-bond acceptors (Lipinski definition) is 3. The van der Waals surface area contributed by atoms with Gasteiger partial charge in [0.2, 0.25) is 5.91 Å². The topological polar surface area (TPSA) is 43.8 Å². The minimum Gasteiger partial charge on any atom is -0.396 e. The number of carbonyl (C=O) groups is 1. The van der Waals surface area contributed by atoms with Gasteiger partial charge in [0.05, 0.1) is 16.5 Å². The SMILES string of the molecule is O=C(Cc1ccc(Cl)c(Cl)c1)N1CCC[C@H](N2CCC(CO)CC2)C1. The first-order valence-electron chi connectivity index (χ1n) is 9.13. The monoisotopic (exact) mass is 384 g/mol. The van der Waals surface area contributed by atoms with E-state index in [-0.39, 0.29) is 5.91 Å². The van der Waals surface area contributed by atoms with Gasteiger partial charge >= 0.3 is 0 Å². The minimum atomic E-state index is 0.160. The molecule has 25 heavy (non-hydrogen) atoms. The summed E-state index contributed by atoms with van der Waals surface area (Å²) >= 11 is 12.0. The van der Waals surface area contributed by atoms with Crippen LogP contribution in [0.15, 0.2) is 18.2 Å². The highest BCUT2D eigenvalue weighted by Crippen LogP contribution is 2.25. The molecule has 0 saturated carbocycles. The molecule has 2 aliphatic heterocycles. The maximum atomic E-state index is 12.7.